The number of piperazine rings is 1. The third-order valence-electron chi connectivity index (χ3n) is 3.82. The highest BCUT2D eigenvalue weighted by atomic mass is 35.5. The first kappa shape index (κ1) is 16.8. The van der Waals surface area contributed by atoms with E-state index in [0.29, 0.717) is 22.3 Å². The van der Waals surface area contributed by atoms with E-state index in [1.807, 2.05) is 6.07 Å². The van der Waals surface area contributed by atoms with Crippen molar-refractivity contribution in [3.63, 3.8) is 0 Å². The van der Waals surface area contributed by atoms with Gasteiger partial charge < -0.3 is 4.90 Å². The van der Waals surface area contributed by atoms with Crippen molar-refractivity contribution >= 4 is 56.8 Å². The monoisotopic (exact) mass is 368 g/mol. The van der Waals surface area contributed by atoms with Crippen LogP contribution in [0.1, 0.15) is 0 Å². The molecule has 5 nitrogen and oxygen atoms in total. The fourth-order valence-corrected chi connectivity index (χ4v) is 5.79. The van der Waals surface area contributed by atoms with Crippen LogP contribution in [0.25, 0.3) is 10.1 Å². The number of benzene rings is 1. The summed E-state index contributed by atoms with van der Waals surface area (Å²) in [6, 6.07) is 6.98. The topological polar surface area (TPSA) is 57.7 Å². The van der Waals surface area contributed by atoms with Crippen LogP contribution in [0, 0.1) is 0 Å². The molecule has 0 unspecified atom stereocenters. The maximum atomic E-state index is 12.8. The number of sulfonamides is 1. The van der Waals surface area contributed by atoms with Crippen molar-refractivity contribution in [3.05, 3.63) is 29.3 Å². The summed E-state index contributed by atoms with van der Waals surface area (Å²) >= 11 is 7.16. The van der Waals surface area contributed by atoms with Crippen molar-refractivity contribution in [3.8, 4) is 0 Å². The number of halogens is 1. The minimum atomic E-state index is -3.55. The van der Waals surface area contributed by atoms with Crippen LogP contribution in [0.4, 0.5) is 0 Å². The molecule has 1 saturated heterocycles. The average molecular weight is 369 g/mol. The molecule has 0 spiro atoms. The Labute approximate surface area is 145 Å². The molecule has 2 heterocycles. The molecule has 2 aromatic rings. The molecule has 0 N–H and O–H groups in total. The highest BCUT2D eigenvalue weighted by Crippen LogP contribution is 2.32. The highest BCUT2D eigenvalue weighted by molar-refractivity contribution is 7.91. The number of thiophene rings is 1. The first-order chi connectivity index (χ1) is 10.9. The summed E-state index contributed by atoms with van der Waals surface area (Å²) in [6.45, 7) is 1.30. The summed E-state index contributed by atoms with van der Waals surface area (Å²) in [4.78, 5) is 13.2. The molecule has 1 aliphatic heterocycles. The zero-order valence-electron chi connectivity index (χ0n) is 12.2. The van der Waals surface area contributed by atoms with Gasteiger partial charge in [-0.25, -0.2) is 8.42 Å². The Kier molecular flexibility index (Phi) is 4.69. The van der Waals surface area contributed by atoms with Gasteiger partial charge in [-0.2, -0.15) is 4.31 Å². The van der Waals surface area contributed by atoms with Gasteiger partial charge in [0.2, 0.25) is 5.91 Å². The van der Waals surface area contributed by atoms with Crippen LogP contribution in [0.2, 0.25) is 11.3 Å². The molecule has 1 aliphatic rings. The first-order valence-corrected chi connectivity index (χ1v) is 9.72. The van der Waals surface area contributed by atoms with Crippen molar-refractivity contribution in [2.45, 2.75) is 10.5 Å². The number of carbonyl (C=O) groups is 1. The Hall–Kier alpha value is -1.09. The van der Waals surface area contributed by atoms with Crippen LogP contribution in [0.3, 0.4) is 0 Å². The Balaban J connectivity index is 1.82. The number of amides is 1. The first-order valence-electron chi connectivity index (χ1n) is 7.09. The van der Waals surface area contributed by atoms with Crippen LogP contribution < -0.4 is 0 Å². The van der Waals surface area contributed by atoms with Gasteiger partial charge in [0.25, 0.3) is 10.0 Å². The van der Waals surface area contributed by atoms with Gasteiger partial charge >= 0.3 is 0 Å². The summed E-state index contributed by atoms with van der Waals surface area (Å²) in [5, 5.41) is 1.44. The summed E-state index contributed by atoms with van der Waals surface area (Å²) < 4.78 is 28.1. The van der Waals surface area contributed by atoms with E-state index in [0.717, 1.165) is 10.1 Å². The number of hydrogen-bond acceptors (Lipinski definition) is 4. The quantitative estimate of drug-likeness (QED) is 0.778. The summed E-state index contributed by atoms with van der Waals surface area (Å²) in [6.07, 6.45) is -0.0518. The lowest BCUT2D eigenvalue weighted by Crippen LogP contribution is -2.50. The Morgan fingerprint density at radius 2 is 1.91 bits per heavy atom. The number of rotatable bonds is 3. The predicted octanol–water partition coefficient (Wildman–Crippen LogP) is 1.97. The van der Waals surface area contributed by atoms with Gasteiger partial charge in [0, 0.05) is 35.9 Å². The second-order valence-corrected chi connectivity index (χ2v) is 8.92. The molecule has 3 rings (SSSR count). The second kappa shape index (κ2) is 6.43. The van der Waals surface area contributed by atoms with Gasteiger partial charge in [0.15, 0.2) is 0 Å². The largest absolute Gasteiger partial charge is 0.341 e. The second-order valence-electron chi connectivity index (χ2n) is 5.24. The van der Waals surface area contributed by atoms with Gasteiger partial charge in [-0.05, 0) is 29.9 Å². The minimum Gasteiger partial charge on any atom is -0.341 e. The molecule has 9 heteroatoms. The van der Waals surface area contributed by atoms with Gasteiger partial charge in [-0.3, -0.25) is 4.79 Å². The van der Waals surface area contributed by atoms with E-state index in [2.05, 4.69) is 0 Å². The summed E-state index contributed by atoms with van der Waals surface area (Å²) in [5.74, 6) is -0.154. The van der Waals surface area contributed by atoms with Crippen molar-refractivity contribution in [1.29, 1.82) is 0 Å². The van der Waals surface area contributed by atoms with Gasteiger partial charge in [-0.15, -0.1) is 11.3 Å². The Morgan fingerprint density at radius 3 is 2.57 bits per heavy atom. The molecule has 1 aromatic heterocycles. The smallest absolute Gasteiger partial charge is 0.252 e. The molecule has 23 heavy (non-hydrogen) atoms. The molecule has 1 amide bonds. The van der Waals surface area contributed by atoms with E-state index in [1.165, 1.54) is 15.6 Å². The number of fused-ring (bicyclic) bond motifs is 1. The molecule has 0 bridgehead atoms. The van der Waals surface area contributed by atoms with E-state index in [-0.39, 0.29) is 25.3 Å². The maximum Gasteiger partial charge on any atom is 0.252 e. The third kappa shape index (κ3) is 3.26. The Bertz CT molecular complexity index is 845. The van der Waals surface area contributed by atoms with Crippen LogP contribution in [-0.2, 0) is 14.8 Å². The fourth-order valence-electron chi connectivity index (χ4n) is 2.54. The summed E-state index contributed by atoms with van der Waals surface area (Å²) in [7, 11) is 1.78. The standard InChI is InChI=1S/C14H14BClN2O3S2/c15-9-13(19)17-3-5-18(6-4-17)23(20,21)14-7-10-1-2-11(16)8-12(10)22-14/h1-2,7-8H,3-6,9H2. The molecule has 0 aliphatic carbocycles. The van der Waals surface area contributed by atoms with Crippen LogP contribution >= 0.6 is 22.9 Å². The lowest BCUT2D eigenvalue weighted by atomic mass is 10.0. The normalized spacial score (nSPS) is 16.8. The zero-order chi connectivity index (χ0) is 16.6. The van der Waals surface area contributed by atoms with Crippen molar-refractivity contribution in [2.75, 3.05) is 26.2 Å². The number of hydrogen-bond donors (Lipinski definition) is 0. The predicted molar refractivity (Wildman–Crippen MR) is 92.7 cm³/mol. The molecular formula is C14H14BClN2O3S2. The van der Waals surface area contributed by atoms with Gasteiger partial charge in [0.05, 0.1) is 7.85 Å². The van der Waals surface area contributed by atoms with Gasteiger partial charge in [-0.1, -0.05) is 17.7 Å². The lowest BCUT2D eigenvalue weighted by molar-refractivity contribution is -0.129. The third-order valence-corrected chi connectivity index (χ3v) is 7.50. The van der Waals surface area contributed by atoms with Crippen LogP contribution in [0.5, 0.6) is 0 Å². The maximum absolute atomic E-state index is 12.8. The number of nitrogens with zero attached hydrogens (tertiary/aromatic N) is 2. The molecule has 1 fully saturated rings. The van der Waals surface area contributed by atoms with Crippen molar-refractivity contribution in [1.82, 2.24) is 9.21 Å². The van der Waals surface area contributed by atoms with Crippen LogP contribution in [0.15, 0.2) is 28.5 Å². The van der Waals surface area contributed by atoms with Crippen molar-refractivity contribution < 1.29 is 13.2 Å². The molecule has 1 aromatic carbocycles. The van der Waals surface area contributed by atoms with Gasteiger partial charge in [0.1, 0.15) is 4.21 Å². The summed E-state index contributed by atoms with van der Waals surface area (Å²) in [5.41, 5.74) is 0. The molecular weight excluding hydrogens is 355 g/mol. The molecule has 0 atom stereocenters. The SMILES string of the molecule is [B]CC(=O)N1CCN(S(=O)(=O)c2cc3ccc(Cl)cc3s2)CC1. The average Bonchev–Trinajstić information content (AvgIpc) is 2.98. The molecule has 2 radical (unpaired) electrons. The molecule has 120 valence electrons. The Morgan fingerprint density at radius 1 is 1.22 bits per heavy atom. The lowest BCUT2D eigenvalue weighted by Gasteiger charge is -2.33. The van der Waals surface area contributed by atoms with E-state index < -0.39 is 10.0 Å². The zero-order valence-corrected chi connectivity index (χ0v) is 14.6. The minimum absolute atomic E-state index is 0.0518. The number of carbonyl (C=O) groups excluding carboxylic acids is 1. The highest BCUT2D eigenvalue weighted by Gasteiger charge is 2.30. The van der Waals surface area contributed by atoms with Crippen molar-refractivity contribution in [2.24, 2.45) is 0 Å². The fraction of sp³-hybridized carbons (Fsp3) is 0.357. The van der Waals surface area contributed by atoms with E-state index in [1.54, 1.807) is 23.1 Å². The van der Waals surface area contributed by atoms with Crippen LogP contribution in [-0.4, -0.2) is 57.6 Å². The van der Waals surface area contributed by atoms with E-state index >= 15 is 0 Å². The van der Waals surface area contributed by atoms with E-state index in [4.69, 9.17) is 19.4 Å². The molecule has 0 saturated carbocycles. The van der Waals surface area contributed by atoms with E-state index in [9.17, 15) is 13.2 Å².